The van der Waals surface area contributed by atoms with Gasteiger partial charge in [-0.25, -0.2) is 4.39 Å². The van der Waals surface area contributed by atoms with Crippen LogP contribution in [0.4, 0.5) is 4.39 Å². The zero-order valence-electron chi connectivity index (χ0n) is 10.7. The number of hydrogen-bond acceptors (Lipinski definition) is 1. The maximum Gasteiger partial charge on any atom is 0.196 e. The molecule has 0 fully saturated rings. The number of hydrogen-bond donors (Lipinski definition) is 0. The van der Waals surface area contributed by atoms with E-state index in [1.54, 1.807) is 24.3 Å². The Morgan fingerprint density at radius 2 is 1.48 bits per heavy atom. The Morgan fingerprint density at radius 1 is 0.762 bits per heavy atom. The van der Waals surface area contributed by atoms with Crippen LogP contribution in [0, 0.1) is 5.82 Å². The summed E-state index contributed by atoms with van der Waals surface area (Å²) in [6, 6.07) is 14.9. The lowest BCUT2D eigenvalue weighted by Crippen LogP contribution is -2.05. The first-order valence-corrected chi connectivity index (χ1v) is 7.01. The maximum absolute atomic E-state index is 14.0. The predicted octanol–water partition coefficient (Wildman–Crippen LogP) is 5.52. The minimum Gasteiger partial charge on any atom is -0.288 e. The molecule has 3 aromatic rings. The van der Waals surface area contributed by atoms with Gasteiger partial charge >= 0.3 is 0 Å². The van der Waals surface area contributed by atoms with Crippen molar-refractivity contribution in [1.29, 1.82) is 0 Å². The van der Waals surface area contributed by atoms with Gasteiger partial charge in [0.25, 0.3) is 0 Å². The summed E-state index contributed by atoms with van der Waals surface area (Å²) in [5.74, 6) is -1.12. The second-order valence-electron chi connectivity index (χ2n) is 4.57. The third kappa shape index (κ3) is 2.41. The molecule has 0 atom stereocenters. The highest BCUT2D eigenvalue weighted by Crippen LogP contribution is 2.29. The molecule has 3 aromatic carbocycles. The zero-order chi connectivity index (χ0) is 15.0. The van der Waals surface area contributed by atoms with E-state index >= 15 is 0 Å². The first-order chi connectivity index (χ1) is 10.1. The molecular formula is C17H9Cl2FO. The minimum absolute atomic E-state index is 0.0463. The molecule has 1 nitrogen and oxygen atoms in total. The Balaban J connectivity index is 2.23. The largest absolute Gasteiger partial charge is 0.288 e. The van der Waals surface area contributed by atoms with E-state index in [-0.39, 0.29) is 10.6 Å². The molecular weight excluding hydrogens is 310 g/mol. The maximum atomic E-state index is 14.0. The number of benzene rings is 3. The van der Waals surface area contributed by atoms with Gasteiger partial charge in [-0.1, -0.05) is 53.5 Å². The van der Waals surface area contributed by atoms with Gasteiger partial charge in [0.15, 0.2) is 11.6 Å². The van der Waals surface area contributed by atoms with Gasteiger partial charge in [0, 0.05) is 16.0 Å². The van der Waals surface area contributed by atoms with Crippen LogP contribution in [0.15, 0.2) is 54.6 Å². The van der Waals surface area contributed by atoms with Crippen molar-refractivity contribution in [3.63, 3.8) is 0 Å². The fraction of sp³-hybridized carbons (Fsp3) is 0. The topological polar surface area (TPSA) is 17.1 Å². The fourth-order valence-corrected chi connectivity index (χ4v) is 2.69. The van der Waals surface area contributed by atoms with E-state index in [1.807, 2.05) is 18.2 Å². The van der Waals surface area contributed by atoms with Crippen LogP contribution < -0.4 is 0 Å². The van der Waals surface area contributed by atoms with Gasteiger partial charge < -0.3 is 0 Å². The van der Waals surface area contributed by atoms with Crippen LogP contribution in [-0.4, -0.2) is 5.78 Å². The predicted molar refractivity (Wildman–Crippen MR) is 83.8 cm³/mol. The average Bonchev–Trinajstić information content (AvgIpc) is 2.50. The zero-order valence-corrected chi connectivity index (χ0v) is 12.3. The number of ketones is 1. The first-order valence-electron chi connectivity index (χ1n) is 6.25. The Kier molecular flexibility index (Phi) is 3.66. The van der Waals surface area contributed by atoms with E-state index in [2.05, 4.69) is 0 Å². The minimum atomic E-state index is -0.705. The molecule has 0 aliphatic carbocycles. The van der Waals surface area contributed by atoms with Gasteiger partial charge in [-0.3, -0.25) is 4.79 Å². The van der Waals surface area contributed by atoms with Gasteiger partial charge in [0.05, 0.1) is 10.6 Å². The van der Waals surface area contributed by atoms with Crippen LogP contribution in [0.1, 0.15) is 15.9 Å². The third-order valence-electron chi connectivity index (χ3n) is 3.31. The van der Waals surface area contributed by atoms with E-state index in [0.717, 1.165) is 5.39 Å². The highest BCUT2D eigenvalue weighted by molar-refractivity contribution is 6.36. The standard InChI is InChI=1S/C17H9Cl2FO/c18-14-9-8-12(10-4-1-2-5-11(10)14)17(21)13-6-3-7-15(19)16(13)20/h1-9H. The van der Waals surface area contributed by atoms with E-state index in [0.29, 0.717) is 16.0 Å². The molecule has 104 valence electrons. The molecule has 0 saturated carbocycles. The van der Waals surface area contributed by atoms with Crippen LogP contribution in [0.3, 0.4) is 0 Å². The lowest BCUT2D eigenvalue weighted by Gasteiger charge is -2.08. The van der Waals surface area contributed by atoms with Crippen molar-refractivity contribution in [3.8, 4) is 0 Å². The summed E-state index contributed by atoms with van der Waals surface area (Å²) in [6.07, 6.45) is 0. The van der Waals surface area contributed by atoms with Crippen molar-refractivity contribution < 1.29 is 9.18 Å². The first kappa shape index (κ1) is 14.1. The molecule has 0 spiro atoms. The highest BCUT2D eigenvalue weighted by Gasteiger charge is 2.18. The molecule has 0 unspecified atom stereocenters. The van der Waals surface area contributed by atoms with Gasteiger partial charge in [0.1, 0.15) is 0 Å². The van der Waals surface area contributed by atoms with Crippen molar-refractivity contribution in [2.45, 2.75) is 0 Å². The summed E-state index contributed by atoms with van der Waals surface area (Å²) >= 11 is 11.9. The summed E-state index contributed by atoms with van der Waals surface area (Å²) in [5, 5.41) is 1.93. The van der Waals surface area contributed by atoms with Gasteiger partial charge in [0.2, 0.25) is 0 Å². The van der Waals surface area contributed by atoms with Crippen LogP contribution in [-0.2, 0) is 0 Å². The average molecular weight is 319 g/mol. The van der Waals surface area contributed by atoms with Crippen molar-refractivity contribution in [2.24, 2.45) is 0 Å². The fourth-order valence-electron chi connectivity index (χ4n) is 2.28. The van der Waals surface area contributed by atoms with E-state index in [1.165, 1.54) is 12.1 Å². The van der Waals surface area contributed by atoms with Crippen molar-refractivity contribution >= 4 is 39.8 Å². The molecule has 0 aliphatic rings. The van der Waals surface area contributed by atoms with Crippen molar-refractivity contribution in [2.75, 3.05) is 0 Å². The number of rotatable bonds is 2. The molecule has 0 heterocycles. The molecule has 0 aliphatic heterocycles. The molecule has 4 heteroatoms. The Labute approximate surface area is 130 Å². The quantitative estimate of drug-likeness (QED) is 0.569. The van der Waals surface area contributed by atoms with Crippen LogP contribution >= 0.6 is 23.2 Å². The second kappa shape index (κ2) is 5.47. The van der Waals surface area contributed by atoms with Crippen molar-refractivity contribution in [3.05, 3.63) is 81.6 Å². The monoisotopic (exact) mass is 318 g/mol. The summed E-state index contributed by atoms with van der Waals surface area (Å²) in [5.41, 5.74) is 0.353. The number of halogens is 3. The normalized spacial score (nSPS) is 10.8. The van der Waals surface area contributed by atoms with E-state index in [4.69, 9.17) is 23.2 Å². The summed E-state index contributed by atoms with van der Waals surface area (Å²) in [4.78, 5) is 12.6. The highest BCUT2D eigenvalue weighted by atomic mass is 35.5. The Bertz CT molecular complexity index is 859. The molecule has 0 N–H and O–H groups in total. The number of fused-ring (bicyclic) bond motifs is 1. The molecule has 21 heavy (non-hydrogen) atoms. The summed E-state index contributed by atoms with van der Waals surface area (Å²) < 4.78 is 14.0. The summed E-state index contributed by atoms with van der Waals surface area (Å²) in [7, 11) is 0. The molecule has 0 aromatic heterocycles. The van der Waals surface area contributed by atoms with Gasteiger partial charge in [-0.05, 0) is 29.7 Å². The molecule has 3 rings (SSSR count). The molecule has 0 bridgehead atoms. The lowest BCUT2D eigenvalue weighted by atomic mass is 9.97. The molecule has 0 amide bonds. The van der Waals surface area contributed by atoms with Gasteiger partial charge in [-0.15, -0.1) is 0 Å². The number of carbonyl (C=O) groups excluding carboxylic acids is 1. The van der Waals surface area contributed by atoms with Crippen LogP contribution in [0.5, 0.6) is 0 Å². The third-order valence-corrected chi connectivity index (χ3v) is 3.93. The molecule has 0 saturated heterocycles. The lowest BCUT2D eigenvalue weighted by molar-refractivity contribution is 0.103. The molecule has 0 radical (unpaired) electrons. The summed E-state index contributed by atoms with van der Waals surface area (Å²) in [6.45, 7) is 0. The number of carbonyl (C=O) groups is 1. The SMILES string of the molecule is O=C(c1cccc(Cl)c1F)c1ccc(Cl)c2ccccc12. The Hall–Kier alpha value is -1.90. The van der Waals surface area contributed by atoms with Gasteiger partial charge in [-0.2, -0.15) is 0 Å². The second-order valence-corrected chi connectivity index (χ2v) is 5.39. The smallest absolute Gasteiger partial charge is 0.196 e. The van der Waals surface area contributed by atoms with Crippen LogP contribution in [0.2, 0.25) is 10.0 Å². The van der Waals surface area contributed by atoms with Crippen LogP contribution in [0.25, 0.3) is 10.8 Å². The van der Waals surface area contributed by atoms with E-state index < -0.39 is 11.6 Å². The Morgan fingerprint density at radius 3 is 2.24 bits per heavy atom. The van der Waals surface area contributed by atoms with Crippen molar-refractivity contribution in [1.82, 2.24) is 0 Å². The van der Waals surface area contributed by atoms with E-state index in [9.17, 15) is 9.18 Å².